The third kappa shape index (κ3) is 1.18. The molecule has 2 aliphatic rings. The molecule has 0 aromatic carbocycles. The number of ether oxygens (including phenoxy) is 1. The number of allylic oxidation sites excluding steroid dienone is 1. The summed E-state index contributed by atoms with van der Waals surface area (Å²) in [6, 6.07) is 0. The molecule has 14 heavy (non-hydrogen) atoms. The van der Waals surface area contributed by atoms with E-state index in [1.54, 1.807) is 0 Å². The van der Waals surface area contributed by atoms with Crippen molar-refractivity contribution >= 4 is 0 Å². The van der Waals surface area contributed by atoms with Crippen LogP contribution in [0.15, 0.2) is 24.3 Å². The van der Waals surface area contributed by atoms with E-state index in [1.807, 2.05) is 0 Å². The number of hydrogen-bond donors (Lipinski definition) is 0. The maximum Gasteiger partial charge on any atom is 0.0983 e. The fourth-order valence-electron chi connectivity index (χ4n) is 2.83. The Bertz CT molecular complexity index is 288. The predicted octanol–water partition coefficient (Wildman–Crippen LogP) is 3.47. The van der Waals surface area contributed by atoms with E-state index in [-0.39, 0.29) is 11.0 Å². The molecule has 0 saturated carbocycles. The van der Waals surface area contributed by atoms with Crippen LogP contribution < -0.4 is 0 Å². The summed E-state index contributed by atoms with van der Waals surface area (Å²) in [6.07, 6.45) is 8.14. The highest BCUT2D eigenvalue weighted by molar-refractivity contribution is 5.34. The molecule has 0 aromatic heterocycles. The standard InChI is InChI=1S/C13H20O/c1-10-6-5-8-12(3,4)13(10)9-7-11(2)14-13/h5-6,11H,1,7-9H2,2-4H3/t11-,13-/m1/s1. The molecule has 0 radical (unpaired) electrons. The highest BCUT2D eigenvalue weighted by Gasteiger charge is 2.52. The predicted molar refractivity (Wildman–Crippen MR) is 59.2 cm³/mol. The molecule has 1 heteroatoms. The van der Waals surface area contributed by atoms with Crippen molar-refractivity contribution in [2.45, 2.75) is 51.7 Å². The molecule has 1 heterocycles. The third-order valence-corrected chi connectivity index (χ3v) is 3.86. The quantitative estimate of drug-likeness (QED) is 0.571. The second-order valence-electron chi connectivity index (χ2n) is 5.31. The Labute approximate surface area is 86.8 Å². The largest absolute Gasteiger partial charge is 0.367 e. The maximum absolute atomic E-state index is 6.17. The van der Waals surface area contributed by atoms with Gasteiger partial charge < -0.3 is 4.74 Å². The highest BCUT2D eigenvalue weighted by Crippen LogP contribution is 2.52. The highest BCUT2D eigenvalue weighted by atomic mass is 16.5. The zero-order valence-electron chi connectivity index (χ0n) is 9.47. The summed E-state index contributed by atoms with van der Waals surface area (Å²) in [5, 5.41) is 0. The van der Waals surface area contributed by atoms with Gasteiger partial charge in [0.25, 0.3) is 0 Å². The fourth-order valence-corrected chi connectivity index (χ4v) is 2.83. The first-order valence-electron chi connectivity index (χ1n) is 5.52. The van der Waals surface area contributed by atoms with Crippen LogP contribution in [-0.2, 0) is 4.74 Å². The van der Waals surface area contributed by atoms with Crippen LogP contribution in [0.2, 0.25) is 0 Å². The summed E-state index contributed by atoms with van der Waals surface area (Å²) < 4.78 is 6.17. The molecular weight excluding hydrogens is 172 g/mol. The zero-order valence-corrected chi connectivity index (χ0v) is 9.47. The van der Waals surface area contributed by atoms with Gasteiger partial charge in [0, 0.05) is 5.41 Å². The molecule has 1 spiro atoms. The minimum absolute atomic E-state index is 0.0822. The normalized spacial score (nSPS) is 40.8. The summed E-state index contributed by atoms with van der Waals surface area (Å²) in [6.45, 7) is 10.9. The van der Waals surface area contributed by atoms with Gasteiger partial charge in [0.2, 0.25) is 0 Å². The Morgan fingerprint density at radius 2 is 2.21 bits per heavy atom. The molecule has 2 atom stereocenters. The average Bonchev–Trinajstić information content (AvgIpc) is 2.46. The third-order valence-electron chi connectivity index (χ3n) is 3.86. The lowest BCUT2D eigenvalue weighted by Gasteiger charge is -2.46. The lowest BCUT2D eigenvalue weighted by Crippen LogP contribution is -2.47. The molecule has 2 rings (SSSR count). The topological polar surface area (TPSA) is 9.23 Å². The van der Waals surface area contributed by atoms with Crippen molar-refractivity contribution in [3.63, 3.8) is 0 Å². The smallest absolute Gasteiger partial charge is 0.0983 e. The first-order valence-corrected chi connectivity index (χ1v) is 5.52. The van der Waals surface area contributed by atoms with E-state index in [0.29, 0.717) is 6.10 Å². The molecule has 78 valence electrons. The summed E-state index contributed by atoms with van der Waals surface area (Å²) in [5.74, 6) is 0. The van der Waals surface area contributed by atoms with Crippen molar-refractivity contribution in [2.75, 3.05) is 0 Å². The van der Waals surface area contributed by atoms with Crippen LogP contribution in [0, 0.1) is 5.41 Å². The molecule has 0 unspecified atom stereocenters. The van der Waals surface area contributed by atoms with E-state index >= 15 is 0 Å². The van der Waals surface area contributed by atoms with Crippen LogP contribution >= 0.6 is 0 Å². The van der Waals surface area contributed by atoms with Crippen molar-refractivity contribution in [3.05, 3.63) is 24.3 Å². The number of rotatable bonds is 0. The van der Waals surface area contributed by atoms with Gasteiger partial charge in [0.15, 0.2) is 0 Å². The SMILES string of the molecule is C=C1C=CCC(C)(C)[C@@]12CC[C@@H](C)O2. The van der Waals surface area contributed by atoms with Gasteiger partial charge in [-0.05, 0) is 31.8 Å². The van der Waals surface area contributed by atoms with E-state index < -0.39 is 0 Å². The van der Waals surface area contributed by atoms with Gasteiger partial charge in [-0.25, -0.2) is 0 Å². The lowest BCUT2D eigenvalue weighted by atomic mass is 9.65. The average molecular weight is 192 g/mol. The molecule has 1 nitrogen and oxygen atoms in total. The van der Waals surface area contributed by atoms with Crippen LogP contribution in [0.3, 0.4) is 0 Å². The van der Waals surface area contributed by atoms with Gasteiger partial charge >= 0.3 is 0 Å². The molecule has 0 aromatic rings. The minimum Gasteiger partial charge on any atom is -0.367 e. The Kier molecular flexibility index (Phi) is 2.11. The van der Waals surface area contributed by atoms with Gasteiger partial charge in [0.05, 0.1) is 11.7 Å². The Morgan fingerprint density at radius 1 is 1.50 bits per heavy atom. The molecule has 1 aliphatic heterocycles. The first kappa shape index (κ1) is 9.97. The first-order chi connectivity index (χ1) is 6.48. The van der Waals surface area contributed by atoms with Crippen molar-refractivity contribution in [2.24, 2.45) is 5.41 Å². The van der Waals surface area contributed by atoms with Crippen LogP contribution in [0.25, 0.3) is 0 Å². The van der Waals surface area contributed by atoms with Crippen molar-refractivity contribution in [1.82, 2.24) is 0 Å². The van der Waals surface area contributed by atoms with Crippen LogP contribution in [0.5, 0.6) is 0 Å². The molecule has 0 N–H and O–H groups in total. The summed E-state index contributed by atoms with van der Waals surface area (Å²) in [5.41, 5.74) is 1.28. The van der Waals surface area contributed by atoms with Crippen LogP contribution in [-0.4, -0.2) is 11.7 Å². The van der Waals surface area contributed by atoms with E-state index in [4.69, 9.17) is 4.74 Å². The Balaban J connectivity index is 2.39. The fraction of sp³-hybridized carbons (Fsp3) is 0.692. The van der Waals surface area contributed by atoms with Gasteiger partial charge in [-0.15, -0.1) is 0 Å². The van der Waals surface area contributed by atoms with Gasteiger partial charge in [-0.1, -0.05) is 32.6 Å². The van der Waals surface area contributed by atoms with Gasteiger partial charge in [-0.2, -0.15) is 0 Å². The van der Waals surface area contributed by atoms with Crippen molar-refractivity contribution in [3.8, 4) is 0 Å². The van der Waals surface area contributed by atoms with Crippen molar-refractivity contribution < 1.29 is 4.74 Å². The molecule has 0 amide bonds. The van der Waals surface area contributed by atoms with E-state index in [0.717, 1.165) is 24.8 Å². The van der Waals surface area contributed by atoms with Gasteiger partial charge in [0.1, 0.15) is 0 Å². The molecule has 1 saturated heterocycles. The summed E-state index contributed by atoms with van der Waals surface area (Å²) >= 11 is 0. The second-order valence-corrected chi connectivity index (χ2v) is 5.31. The van der Waals surface area contributed by atoms with E-state index in [1.165, 1.54) is 0 Å². The molecule has 1 fully saturated rings. The summed E-state index contributed by atoms with van der Waals surface area (Å²) in [4.78, 5) is 0. The minimum atomic E-state index is -0.0822. The van der Waals surface area contributed by atoms with E-state index in [9.17, 15) is 0 Å². The second kappa shape index (κ2) is 2.96. The Hall–Kier alpha value is -0.560. The van der Waals surface area contributed by atoms with Gasteiger partial charge in [-0.3, -0.25) is 0 Å². The van der Waals surface area contributed by atoms with Crippen molar-refractivity contribution in [1.29, 1.82) is 0 Å². The molecule has 1 aliphatic carbocycles. The maximum atomic E-state index is 6.17. The summed E-state index contributed by atoms with van der Waals surface area (Å²) in [7, 11) is 0. The monoisotopic (exact) mass is 192 g/mol. The molecular formula is C13H20O. The lowest BCUT2D eigenvalue weighted by molar-refractivity contribution is -0.0828. The van der Waals surface area contributed by atoms with E-state index in [2.05, 4.69) is 39.5 Å². The van der Waals surface area contributed by atoms with Crippen LogP contribution in [0.1, 0.15) is 40.0 Å². The zero-order chi connectivity index (χ0) is 10.4. The number of hydrogen-bond acceptors (Lipinski definition) is 1. The van der Waals surface area contributed by atoms with Crippen LogP contribution in [0.4, 0.5) is 0 Å². The Morgan fingerprint density at radius 3 is 2.71 bits per heavy atom. The molecule has 0 bridgehead atoms.